The predicted molar refractivity (Wildman–Crippen MR) is 74.9 cm³/mol. The maximum Gasteiger partial charge on any atom is 0.306 e. The van der Waals surface area contributed by atoms with E-state index in [1.165, 1.54) is 11.2 Å². The van der Waals surface area contributed by atoms with E-state index in [4.69, 9.17) is 0 Å². The first-order valence-corrected chi connectivity index (χ1v) is 8.16. The van der Waals surface area contributed by atoms with E-state index < -0.39 is 26.5 Å². The molecule has 0 bridgehead atoms. The van der Waals surface area contributed by atoms with Gasteiger partial charge in [-0.3, -0.25) is 10.1 Å². The first-order chi connectivity index (χ1) is 9.77. The van der Waals surface area contributed by atoms with Crippen LogP contribution >= 0.6 is 0 Å². The van der Waals surface area contributed by atoms with Crippen LogP contribution in [0.4, 0.5) is 10.1 Å². The van der Waals surface area contributed by atoms with E-state index in [1.807, 2.05) is 6.92 Å². The topological polar surface area (TPSA) is 80.5 Å². The van der Waals surface area contributed by atoms with Crippen molar-refractivity contribution in [2.45, 2.75) is 31.6 Å². The first-order valence-electron chi connectivity index (χ1n) is 6.72. The van der Waals surface area contributed by atoms with Gasteiger partial charge in [-0.25, -0.2) is 8.42 Å². The Balaban J connectivity index is 2.45. The molecule has 0 radical (unpaired) electrons. The van der Waals surface area contributed by atoms with E-state index >= 15 is 0 Å². The molecule has 0 N–H and O–H groups in total. The summed E-state index contributed by atoms with van der Waals surface area (Å²) in [5.74, 6) is -0.722. The summed E-state index contributed by atoms with van der Waals surface area (Å²) in [4.78, 5) is 9.69. The van der Waals surface area contributed by atoms with Gasteiger partial charge in [-0.15, -0.1) is 0 Å². The number of sulfonamides is 1. The molecule has 0 amide bonds. The lowest BCUT2D eigenvalue weighted by Gasteiger charge is -2.17. The molecule has 1 atom stereocenters. The summed E-state index contributed by atoms with van der Waals surface area (Å²) in [6.07, 6.45) is 1.66. The molecular weight excluding hydrogens is 299 g/mol. The predicted octanol–water partition coefficient (Wildman–Crippen LogP) is 2.46. The third-order valence-electron chi connectivity index (χ3n) is 3.88. The zero-order chi connectivity index (χ0) is 15.8. The minimum absolute atomic E-state index is 0.179. The fraction of sp³-hybridized carbons (Fsp3) is 0.538. The van der Waals surface area contributed by atoms with Crippen molar-refractivity contribution in [2.24, 2.45) is 5.92 Å². The Morgan fingerprint density at radius 2 is 2.14 bits per heavy atom. The summed E-state index contributed by atoms with van der Waals surface area (Å²) < 4.78 is 40.0. The quantitative estimate of drug-likeness (QED) is 0.631. The fourth-order valence-corrected chi connectivity index (χ4v) is 4.31. The maximum absolute atomic E-state index is 13.5. The molecule has 6 nitrogen and oxygen atoms in total. The lowest BCUT2D eigenvalue weighted by Crippen LogP contribution is -2.29. The van der Waals surface area contributed by atoms with Gasteiger partial charge in [-0.1, -0.05) is 13.3 Å². The zero-order valence-corrected chi connectivity index (χ0v) is 12.7. The summed E-state index contributed by atoms with van der Waals surface area (Å²) in [6, 6.07) is 1.72. The van der Waals surface area contributed by atoms with Crippen molar-refractivity contribution in [3.8, 4) is 0 Å². The van der Waals surface area contributed by atoms with Crippen molar-refractivity contribution in [1.82, 2.24) is 4.31 Å². The molecule has 0 aromatic heterocycles. The second-order valence-electron chi connectivity index (χ2n) is 5.25. The van der Waals surface area contributed by atoms with Crippen LogP contribution < -0.4 is 0 Å². The van der Waals surface area contributed by atoms with E-state index in [0.29, 0.717) is 19.0 Å². The highest BCUT2D eigenvalue weighted by atomic mass is 32.2. The molecule has 1 saturated heterocycles. The Bertz CT molecular complexity index is 675. The van der Waals surface area contributed by atoms with Crippen LogP contribution in [0, 0.1) is 28.8 Å². The van der Waals surface area contributed by atoms with Gasteiger partial charge < -0.3 is 0 Å². The van der Waals surface area contributed by atoms with Crippen molar-refractivity contribution >= 4 is 15.7 Å². The van der Waals surface area contributed by atoms with Crippen molar-refractivity contribution in [1.29, 1.82) is 0 Å². The summed E-state index contributed by atoms with van der Waals surface area (Å²) >= 11 is 0. The van der Waals surface area contributed by atoms with Crippen LogP contribution in [-0.4, -0.2) is 30.7 Å². The van der Waals surface area contributed by atoms with Gasteiger partial charge in [0, 0.05) is 19.2 Å². The third-order valence-corrected chi connectivity index (χ3v) is 5.89. The van der Waals surface area contributed by atoms with Crippen LogP contribution in [0.2, 0.25) is 0 Å². The monoisotopic (exact) mass is 316 g/mol. The molecule has 21 heavy (non-hydrogen) atoms. The zero-order valence-electron chi connectivity index (χ0n) is 11.9. The molecule has 1 aliphatic heterocycles. The minimum Gasteiger partial charge on any atom is -0.258 e. The number of aryl methyl sites for hydroxylation is 1. The summed E-state index contributed by atoms with van der Waals surface area (Å²) in [5, 5.41) is 10.8. The number of rotatable bonds is 4. The van der Waals surface area contributed by atoms with E-state index in [2.05, 4.69) is 0 Å². The Hall–Kier alpha value is -1.54. The largest absolute Gasteiger partial charge is 0.306 e. The molecule has 2 rings (SSSR count). The molecule has 0 saturated carbocycles. The van der Waals surface area contributed by atoms with Crippen molar-refractivity contribution in [3.05, 3.63) is 33.6 Å². The standard InChI is InChI=1S/C13H17FN2O4S/c1-3-10-4-5-15(8-10)21(19,20)13-7-12(16(17)18)11(14)6-9(13)2/h6-7,10H,3-5,8H2,1-2H3. The smallest absolute Gasteiger partial charge is 0.258 e. The summed E-state index contributed by atoms with van der Waals surface area (Å²) in [6.45, 7) is 4.23. The lowest BCUT2D eigenvalue weighted by atomic mass is 10.1. The van der Waals surface area contributed by atoms with Crippen LogP contribution in [0.1, 0.15) is 25.3 Å². The molecular formula is C13H17FN2O4S. The van der Waals surface area contributed by atoms with Gasteiger partial charge in [-0.05, 0) is 30.9 Å². The Morgan fingerprint density at radius 1 is 1.48 bits per heavy atom. The molecule has 1 aromatic rings. The maximum atomic E-state index is 13.5. The molecule has 1 aliphatic rings. The number of nitrogens with zero attached hydrogens (tertiary/aromatic N) is 2. The molecule has 1 unspecified atom stereocenters. The van der Waals surface area contributed by atoms with Crippen LogP contribution in [0.5, 0.6) is 0 Å². The highest BCUT2D eigenvalue weighted by molar-refractivity contribution is 7.89. The summed E-state index contributed by atoms with van der Waals surface area (Å²) in [7, 11) is -3.82. The van der Waals surface area contributed by atoms with E-state index in [-0.39, 0.29) is 10.5 Å². The van der Waals surface area contributed by atoms with Crippen molar-refractivity contribution in [3.63, 3.8) is 0 Å². The normalized spacial score (nSPS) is 19.9. The van der Waals surface area contributed by atoms with Gasteiger partial charge in [0.1, 0.15) is 0 Å². The van der Waals surface area contributed by atoms with Gasteiger partial charge >= 0.3 is 5.69 Å². The molecule has 0 spiro atoms. The third kappa shape index (κ3) is 2.91. The molecule has 0 aliphatic carbocycles. The molecule has 116 valence electrons. The fourth-order valence-electron chi connectivity index (χ4n) is 2.55. The van der Waals surface area contributed by atoms with E-state index in [9.17, 15) is 22.9 Å². The van der Waals surface area contributed by atoms with Gasteiger partial charge in [0.25, 0.3) is 0 Å². The van der Waals surface area contributed by atoms with Gasteiger partial charge in [-0.2, -0.15) is 8.70 Å². The van der Waals surface area contributed by atoms with Crippen LogP contribution in [0.3, 0.4) is 0 Å². The highest BCUT2D eigenvalue weighted by Gasteiger charge is 2.34. The Kier molecular flexibility index (Phi) is 4.29. The first kappa shape index (κ1) is 15.8. The number of hydrogen-bond acceptors (Lipinski definition) is 4. The van der Waals surface area contributed by atoms with Gasteiger partial charge in [0.05, 0.1) is 9.82 Å². The van der Waals surface area contributed by atoms with E-state index in [0.717, 1.165) is 25.0 Å². The highest BCUT2D eigenvalue weighted by Crippen LogP contribution is 2.31. The number of halogens is 1. The molecule has 1 fully saturated rings. The minimum atomic E-state index is -3.82. The molecule has 1 aromatic carbocycles. The van der Waals surface area contributed by atoms with Crippen LogP contribution in [-0.2, 0) is 10.0 Å². The summed E-state index contributed by atoms with van der Waals surface area (Å²) in [5.41, 5.74) is -0.636. The average Bonchev–Trinajstić information content (AvgIpc) is 2.87. The van der Waals surface area contributed by atoms with Crippen LogP contribution in [0.25, 0.3) is 0 Å². The number of hydrogen-bond donors (Lipinski definition) is 0. The molecule has 8 heteroatoms. The van der Waals surface area contributed by atoms with Crippen molar-refractivity contribution in [2.75, 3.05) is 13.1 Å². The Morgan fingerprint density at radius 3 is 2.67 bits per heavy atom. The number of nitro groups is 1. The number of nitro benzene ring substituents is 1. The Labute approximate surface area is 122 Å². The van der Waals surface area contributed by atoms with Gasteiger partial charge in [0.2, 0.25) is 15.8 Å². The SMILES string of the molecule is CCC1CCN(S(=O)(=O)c2cc([N+](=O)[O-])c(F)cc2C)C1. The molecule has 1 heterocycles. The second-order valence-corrected chi connectivity index (χ2v) is 7.16. The van der Waals surface area contributed by atoms with Gasteiger partial charge in [0.15, 0.2) is 0 Å². The number of benzene rings is 1. The van der Waals surface area contributed by atoms with E-state index in [1.54, 1.807) is 0 Å². The average molecular weight is 316 g/mol. The van der Waals surface area contributed by atoms with Crippen LogP contribution in [0.15, 0.2) is 17.0 Å². The van der Waals surface area contributed by atoms with Crippen molar-refractivity contribution < 1.29 is 17.7 Å². The lowest BCUT2D eigenvalue weighted by molar-refractivity contribution is -0.387. The second kappa shape index (κ2) is 5.69.